The molecule has 0 bridgehead atoms. The molecule has 1 N–H and O–H groups in total. The van der Waals surface area contributed by atoms with E-state index in [1.165, 1.54) is 18.2 Å². The van der Waals surface area contributed by atoms with Crippen LogP contribution in [0.5, 0.6) is 5.75 Å². The fourth-order valence-corrected chi connectivity index (χ4v) is 2.13. The Kier molecular flexibility index (Phi) is 4.66. The van der Waals surface area contributed by atoms with Crippen molar-refractivity contribution in [1.29, 1.82) is 5.26 Å². The summed E-state index contributed by atoms with van der Waals surface area (Å²) < 4.78 is 18.6. The minimum Gasteiger partial charge on any atom is -0.495 e. The molecular formula is C16H14ClFN2O. The van der Waals surface area contributed by atoms with Crippen LogP contribution < -0.4 is 10.1 Å². The van der Waals surface area contributed by atoms with E-state index in [2.05, 4.69) is 5.32 Å². The maximum Gasteiger partial charge on any atom is 0.143 e. The van der Waals surface area contributed by atoms with E-state index in [4.69, 9.17) is 21.6 Å². The normalized spacial score (nSPS) is 10.0. The van der Waals surface area contributed by atoms with Crippen LogP contribution in [0.2, 0.25) is 5.02 Å². The average Bonchev–Trinajstić information content (AvgIpc) is 2.48. The first-order valence-electron chi connectivity index (χ1n) is 6.31. The highest BCUT2D eigenvalue weighted by molar-refractivity contribution is 6.31. The van der Waals surface area contributed by atoms with Crippen molar-refractivity contribution in [1.82, 2.24) is 0 Å². The zero-order valence-electron chi connectivity index (χ0n) is 11.7. The number of halogens is 2. The number of hydrogen-bond donors (Lipinski definition) is 1. The molecule has 0 saturated carbocycles. The predicted molar refractivity (Wildman–Crippen MR) is 81.2 cm³/mol. The summed E-state index contributed by atoms with van der Waals surface area (Å²) in [5.74, 6) is 0.227. The highest BCUT2D eigenvalue weighted by atomic mass is 35.5. The van der Waals surface area contributed by atoms with Crippen molar-refractivity contribution in [2.75, 3.05) is 12.4 Å². The highest BCUT2D eigenvalue weighted by Crippen LogP contribution is 2.31. The van der Waals surface area contributed by atoms with Crippen molar-refractivity contribution in [2.45, 2.75) is 13.5 Å². The SMILES string of the molecule is COc1cc(Cl)c(C)cc1NCc1cc(F)ccc1C#N. The maximum absolute atomic E-state index is 13.3. The number of ether oxygens (including phenoxy) is 1. The third-order valence-corrected chi connectivity index (χ3v) is 3.54. The summed E-state index contributed by atoms with van der Waals surface area (Å²) in [7, 11) is 1.55. The first-order chi connectivity index (χ1) is 10.0. The number of rotatable bonds is 4. The van der Waals surface area contributed by atoms with Crippen LogP contribution in [0, 0.1) is 24.1 Å². The number of nitrogens with zero attached hydrogens (tertiary/aromatic N) is 1. The van der Waals surface area contributed by atoms with Gasteiger partial charge in [0.15, 0.2) is 0 Å². The summed E-state index contributed by atoms with van der Waals surface area (Å²) in [4.78, 5) is 0. The van der Waals surface area contributed by atoms with Gasteiger partial charge in [0, 0.05) is 17.6 Å². The van der Waals surface area contributed by atoms with E-state index in [1.807, 2.05) is 19.1 Å². The van der Waals surface area contributed by atoms with Crippen LogP contribution in [-0.2, 0) is 6.54 Å². The smallest absolute Gasteiger partial charge is 0.143 e. The van der Waals surface area contributed by atoms with Gasteiger partial charge in [-0.1, -0.05) is 11.6 Å². The number of nitriles is 1. The molecule has 0 saturated heterocycles. The van der Waals surface area contributed by atoms with Crippen molar-refractivity contribution in [3.8, 4) is 11.8 Å². The molecule has 21 heavy (non-hydrogen) atoms. The van der Waals surface area contributed by atoms with Crippen molar-refractivity contribution in [3.63, 3.8) is 0 Å². The van der Waals surface area contributed by atoms with E-state index in [0.717, 1.165) is 11.3 Å². The van der Waals surface area contributed by atoms with Gasteiger partial charge in [0.2, 0.25) is 0 Å². The Bertz CT molecular complexity index is 710. The summed E-state index contributed by atoms with van der Waals surface area (Å²) in [5.41, 5.74) is 2.67. The van der Waals surface area contributed by atoms with E-state index in [9.17, 15) is 4.39 Å². The van der Waals surface area contributed by atoms with Crippen LogP contribution in [0.15, 0.2) is 30.3 Å². The highest BCUT2D eigenvalue weighted by Gasteiger charge is 2.09. The molecule has 0 aliphatic rings. The lowest BCUT2D eigenvalue weighted by Crippen LogP contribution is -2.04. The summed E-state index contributed by atoms with van der Waals surface area (Å²) in [5, 5.41) is 12.8. The van der Waals surface area contributed by atoms with Crippen molar-refractivity contribution in [3.05, 3.63) is 57.9 Å². The number of aryl methyl sites for hydroxylation is 1. The van der Waals surface area contributed by atoms with Gasteiger partial charge >= 0.3 is 0 Å². The van der Waals surface area contributed by atoms with Gasteiger partial charge in [0.1, 0.15) is 11.6 Å². The number of hydrogen-bond acceptors (Lipinski definition) is 3. The van der Waals surface area contributed by atoms with E-state index in [-0.39, 0.29) is 5.82 Å². The molecule has 0 aromatic heterocycles. The maximum atomic E-state index is 13.3. The van der Waals surface area contributed by atoms with Gasteiger partial charge in [0.05, 0.1) is 24.4 Å². The van der Waals surface area contributed by atoms with Crippen LogP contribution >= 0.6 is 11.6 Å². The lowest BCUT2D eigenvalue weighted by Gasteiger charge is -2.14. The first-order valence-corrected chi connectivity index (χ1v) is 6.69. The molecule has 0 aliphatic carbocycles. The minimum absolute atomic E-state index is 0.318. The number of methoxy groups -OCH3 is 1. The van der Waals surface area contributed by atoms with E-state index in [0.29, 0.717) is 28.4 Å². The molecule has 0 radical (unpaired) electrons. The molecule has 2 aromatic carbocycles. The minimum atomic E-state index is -0.370. The van der Waals surface area contributed by atoms with Crippen molar-refractivity contribution in [2.24, 2.45) is 0 Å². The zero-order valence-corrected chi connectivity index (χ0v) is 12.5. The second-order valence-electron chi connectivity index (χ2n) is 4.57. The average molecular weight is 305 g/mol. The Morgan fingerprint density at radius 1 is 1.33 bits per heavy atom. The lowest BCUT2D eigenvalue weighted by atomic mass is 10.1. The summed E-state index contributed by atoms with van der Waals surface area (Å²) in [6, 6.07) is 9.71. The Hall–Kier alpha value is -2.25. The molecule has 0 unspecified atom stereocenters. The molecule has 2 rings (SSSR count). The van der Waals surface area contributed by atoms with Crippen LogP contribution in [0.3, 0.4) is 0 Å². The number of benzene rings is 2. The second-order valence-corrected chi connectivity index (χ2v) is 4.98. The second kappa shape index (κ2) is 6.47. The van der Waals surface area contributed by atoms with Gasteiger partial charge in [-0.3, -0.25) is 0 Å². The molecule has 0 spiro atoms. The van der Waals surface area contributed by atoms with Gasteiger partial charge in [-0.05, 0) is 42.3 Å². The van der Waals surface area contributed by atoms with Gasteiger partial charge in [-0.25, -0.2) is 4.39 Å². The quantitative estimate of drug-likeness (QED) is 0.917. The fourth-order valence-electron chi connectivity index (χ4n) is 1.98. The summed E-state index contributed by atoms with van der Waals surface area (Å²) >= 11 is 6.05. The topological polar surface area (TPSA) is 45.0 Å². The van der Waals surface area contributed by atoms with Gasteiger partial charge in [0.25, 0.3) is 0 Å². The first kappa shape index (κ1) is 15.1. The van der Waals surface area contributed by atoms with Gasteiger partial charge in [-0.15, -0.1) is 0 Å². The molecule has 5 heteroatoms. The molecule has 0 atom stereocenters. The van der Waals surface area contributed by atoms with E-state index in [1.54, 1.807) is 13.2 Å². The van der Waals surface area contributed by atoms with Crippen LogP contribution in [0.1, 0.15) is 16.7 Å². The number of anilines is 1. The fraction of sp³-hybridized carbons (Fsp3) is 0.188. The number of nitrogens with one attached hydrogen (secondary N) is 1. The molecular weight excluding hydrogens is 291 g/mol. The standard InChI is InChI=1S/C16H14ClFN2O/c1-10-5-15(16(21-2)7-14(10)17)20-9-12-6-13(18)4-3-11(12)8-19/h3-7,20H,9H2,1-2H3. The van der Waals surface area contributed by atoms with E-state index >= 15 is 0 Å². The molecule has 2 aromatic rings. The monoisotopic (exact) mass is 304 g/mol. The van der Waals surface area contributed by atoms with Gasteiger partial charge in [-0.2, -0.15) is 5.26 Å². The third-order valence-electron chi connectivity index (χ3n) is 3.14. The summed E-state index contributed by atoms with van der Waals surface area (Å²) in [6.45, 7) is 2.20. The van der Waals surface area contributed by atoms with Crippen molar-refractivity contribution >= 4 is 17.3 Å². The Morgan fingerprint density at radius 2 is 2.10 bits per heavy atom. The lowest BCUT2D eigenvalue weighted by molar-refractivity contribution is 0.416. The Labute approximate surface area is 127 Å². The molecule has 0 fully saturated rings. The molecule has 3 nitrogen and oxygen atoms in total. The Morgan fingerprint density at radius 3 is 2.76 bits per heavy atom. The third kappa shape index (κ3) is 3.45. The Balaban J connectivity index is 2.26. The van der Waals surface area contributed by atoms with E-state index < -0.39 is 0 Å². The predicted octanol–water partition coefficient (Wildman–Crippen LogP) is 4.28. The van der Waals surface area contributed by atoms with Crippen molar-refractivity contribution < 1.29 is 9.13 Å². The van der Waals surface area contributed by atoms with Crippen LogP contribution in [-0.4, -0.2) is 7.11 Å². The molecule has 108 valence electrons. The molecule has 0 aliphatic heterocycles. The molecule has 0 amide bonds. The zero-order chi connectivity index (χ0) is 15.4. The largest absolute Gasteiger partial charge is 0.495 e. The molecule has 0 heterocycles. The van der Waals surface area contributed by atoms with Crippen LogP contribution in [0.25, 0.3) is 0 Å². The van der Waals surface area contributed by atoms with Crippen LogP contribution in [0.4, 0.5) is 10.1 Å². The summed E-state index contributed by atoms with van der Waals surface area (Å²) in [6.07, 6.45) is 0. The van der Waals surface area contributed by atoms with Gasteiger partial charge < -0.3 is 10.1 Å².